The molecular formula is C8H20W. The molecule has 0 rings (SSSR count). The van der Waals surface area contributed by atoms with E-state index in [9.17, 15) is 0 Å². The maximum atomic E-state index is 6.57. The van der Waals surface area contributed by atoms with Gasteiger partial charge in [0.2, 0.25) is 0 Å². The van der Waals surface area contributed by atoms with E-state index in [1.54, 1.807) is 0 Å². The molecule has 0 aliphatic heterocycles. The van der Waals surface area contributed by atoms with Gasteiger partial charge in [-0.2, -0.15) is 12.8 Å². The van der Waals surface area contributed by atoms with Crippen LogP contribution >= 0.6 is 0 Å². The van der Waals surface area contributed by atoms with Crippen LogP contribution in [0.1, 0.15) is 30.0 Å². The molecule has 0 nitrogen and oxygen atoms in total. The Bertz CT molecular complexity index is 56.1. The Morgan fingerprint density at radius 3 is 1.89 bits per heavy atom. The summed E-state index contributed by atoms with van der Waals surface area (Å²) < 4.78 is 6.57. The van der Waals surface area contributed by atoms with Gasteiger partial charge in [0.1, 0.15) is 0 Å². The molecule has 0 heterocycles. The molecule has 0 radical (unpaired) electrons. The SMILES string of the molecule is C.[2H]C(=C)C[CH2-].[3HH].[CH2-]CC.[W+2]. The average Bonchev–Trinajstić information content (AvgIpc) is 1.69. The molecule has 0 aliphatic carbocycles. The summed E-state index contributed by atoms with van der Waals surface area (Å²) in [5.74, 6) is 0. The standard InChI is InChI=1S/C4H7.C3H7.CH4.W.H2/c1-3-4-2;1-3-2;;;/h3H,1-2,4H2;1,3H2,2H3;1H4;;1H/q2*-1;;+2;/i3D;;;;1+2. The molecule has 58 valence electrons. The van der Waals surface area contributed by atoms with E-state index >= 15 is 0 Å². The second-order valence-corrected chi connectivity index (χ2v) is 1.000. The molecule has 0 atom stereocenters. The molecule has 0 N–H and O–H groups in total. The van der Waals surface area contributed by atoms with Gasteiger partial charge in [-0.25, -0.2) is 0 Å². The van der Waals surface area contributed by atoms with Gasteiger partial charge in [-0.3, -0.25) is 0 Å². The van der Waals surface area contributed by atoms with Gasteiger partial charge in [0.25, 0.3) is 0 Å². The quantitative estimate of drug-likeness (QED) is 0.514. The average molecular weight is 303 g/mol. The van der Waals surface area contributed by atoms with Gasteiger partial charge in [-0.15, -0.1) is 12.6 Å². The fourth-order valence-corrected chi connectivity index (χ4v) is 0. The summed E-state index contributed by atoms with van der Waals surface area (Å²) in [5, 5.41) is 0. The van der Waals surface area contributed by atoms with E-state index in [0.29, 0.717) is 12.5 Å². The van der Waals surface area contributed by atoms with Crippen LogP contribution in [0.25, 0.3) is 0 Å². The first-order chi connectivity index (χ1) is 3.68. The molecule has 0 unspecified atom stereocenters. The number of hydrogen-bond donors (Lipinski definition) is 0. The first kappa shape index (κ1) is 16.2. The fourth-order valence-electron chi connectivity index (χ4n) is 0. The van der Waals surface area contributed by atoms with Gasteiger partial charge in [-0.1, -0.05) is 14.4 Å². The molecule has 0 saturated heterocycles. The van der Waals surface area contributed by atoms with Gasteiger partial charge in [-0.05, 0) is 0 Å². The van der Waals surface area contributed by atoms with Crippen LogP contribution in [0.5, 0.6) is 0 Å². The molecule has 0 aliphatic rings. The molecule has 0 bridgehead atoms. The van der Waals surface area contributed by atoms with Crippen molar-refractivity contribution in [3.05, 3.63) is 26.5 Å². The van der Waals surface area contributed by atoms with E-state index in [0.717, 1.165) is 6.42 Å². The molecule has 0 saturated carbocycles. The van der Waals surface area contributed by atoms with Crippen LogP contribution in [0.4, 0.5) is 0 Å². The minimum Gasteiger partial charge on any atom is -0.344 e. The van der Waals surface area contributed by atoms with Crippen molar-refractivity contribution < 1.29 is 23.9 Å². The van der Waals surface area contributed by atoms with Crippen LogP contribution in [-0.2, 0) is 21.1 Å². The largest absolute Gasteiger partial charge is 2.00 e. The van der Waals surface area contributed by atoms with Gasteiger partial charge >= 0.3 is 21.1 Å². The molecule has 0 fully saturated rings. The molecule has 0 aromatic carbocycles. The number of hydrogen-bond acceptors (Lipinski definition) is 0. The van der Waals surface area contributed by atoms with Crippen molar-refractivity contribution in [3.8, 4) is 0 Å². The molecule has 1 heteroatoms. The molecule has 0 aromatic heterocycles. The van der Waals surface area contributed by atoms with Crippen LogP contribution in [0.2, 0.25) is 0 Å². The smallest absolute Gasteiger partial charge is 0.344 e. The summed E-state index contributed by atoms with van der Waals surface area (Å²) in [6.07, 6.45) is 1.53. The Hall–Kier alpha value is 0.428. The molecule has 0 amide bonds. The maximum absolute atomic E-state index is 6.57. The molecule has 0 aromatic rings. The van der Waals surface area contributed by atoms with E-state index in [1.807, 2.05) is 6.92 Å². The Morgan fingerprint density at radius 2 is 1.89 bits per heavy atom. The summed E-state index contributed by atoms with van der Waals surface area (Å²) in [4.78, 5) is 0. The van der Waals surface area contributed by atoms with Crippen LogP contribution in [0.15, 0.2) is 12.6 Å². The predicted molar refractivity (Wildman–Crippen MR) is 44.7 cm³/mol. The third kappa shape index (κ3) is 171. The zero-order chi connectivity index (χ0) is 6.99. The van der Waals surface area contributed by atoms with Crippen molar-refractivity contribution >= 4 is 0 Å². The first-order valence-corrected chi connectivity index (χ1v) is 2.41. The van der Waals surface area contributed by atoms with Crippen LogP contribution < -0.4 is 0 Å². The van der Waals surface area contributed by atoms with Crippen molar-refractivity contribution in [2.75, 3.05) is 0 Å². The fraction of sp³-hybridized carbons (Fsp3) is 0.500. The zero-order valence-electron chi connectivity index (χ0n) is 6.44. The minimum absolute atomic E-state index is 0. The first-order valence-electron chi connectivity index (χ1n) is 2.91. The Balaban J connectivity index is -0.0000000183. The van der Waals surface area contributed by atoms with Crippen LogP contribution in [0, 0.1) is 13.8 Å². The van der Waals surface area contributed by atoms with Crippen LogP contribution in [0.3, 0.4) is 0 Å². The molecule has 0 spiro atoms. The zero-order valence-corrected chi connectivity index (χ0v) is 8.38. The number of allylic oxidation sites excluding steroid dienone is 1. The van der Waals surface area contributed by atoms with E-state index in [4.69, 9.17) is 1.37 Å². The van der Waals surface area contributed by atoms with E-state index in [1.165, 1.54) is 0 Å². The van der Waals surface area contributed by atoms with Crippen molar-refractivity contribution in [3.63, 3.8) is 0 Å². The van der Waals surface area contributed by atoms with Crippen molar-refractivity contribution in [1.82, 2.24) is 0 Å². The molecule has 9 heavy (non-hydrogen) atoms. The van der Waals surface area contributed by atoms with Gasteiger partial charge in [0.15, 0.2) is 0 Å². The molecular weight excluding hydrogens is 280 g/mol. The normalized spacial score (nSPS) is 6.33. The van der Waals surface area contributed by atoms with Crippen LogP contribution in [-0.4, -0.2) is 0 Å². The second-order valence-electron chi connectivity index (χ2n) is 1.000. The van der Waals surface area contributed by atoms with Gasteiger partial charge < -0.3 is 13.8 Å². The topological polar surface area (TPSA) is 0 Å². The summed E-state index contributed by atoms with van der Waals surface area (Å²) in [5.41, 5.74) is 0. The summed E-state index contributed by atoms with van der Waals surface area (Å²) in [6, 6.07) is 0.394. The van der Waals surface area contributed by atoms with E-state index in [2.05, 4.69) is 20.4 Å². The van der Waals surface area contributed by atoms with Crippen molar-refractivity contribution in [2.24, 2.45) is 0 Å². The minimum atomic E-state index is 0. The van der Waals surface area contributed by atoms with E-state index in [-0.39, 0.29) is 29.9 Å². The second kappa shape index (κ2) is 39.6. The maximum Gasteiger partial charge on any atom is 2.00 e. The Morgan fingerprint density at radius 1 is 1.78 bits per heavy atom. The van der Waals surface area contributed by atoms with Gasteiger partial charge in [0.05, 0.1) is 1.37 Å². The third-order valence-corrected chi connectivity index (χ3v) is 0.177. The summed E-state index contributed by atoms with van der Waals surface area (Å²) in [7, 11) is 0. The summed E-state index contributed by atoms with van der Waals surface area (Å²) in [6.45, 7) is 12.2. The van der Waals surface area contributed by atoms with Crippen molar-refractivity contribution in [1.29, 1.82) is 0 Å². The Labute approximate surface area is 77.9 Å². The number of rotatable bonds is 1. The van der Waals surface area contributed by atoms with Crippen molar-refractivity contribution in [2.45, 2.75) is 27.2 Å². The predicted octanol–water partition coefficient (Wildman–Crippen LogP) is 3.51. The van der Waals surface area contributed by atoms with Gasteiger partial charge in [0, 0.05) is 1.43 Å². The third-order valence-electron chi connectivity index (χ3n) is 0.177. The summed E-state index contributed by atoms with van der Waals surface area (Å²) >= 11 is 0. The van der Waals surface area contributed by atoms with E-state index < -0.39 is 0 Å². The Kier molecular flexibility index (Phi) is 71.3. The monoisotopic (exact) mass is 303 g/mol.